The summed E-state index contributed by atoms with van der Waals surface area (Å²) < 4.78 is 80.3. The standard InChI is InChI=1S/C16H10F6O/c17-15(18,19)11-5-1-9(2-6-11)13-14(23-13)10-3-7-12(8-4-10)16(20,21)22/h1-8,13-14H/t13-,14+. The molecule has 0 aromatic heterocycles. The smallest absolute Gasteiger partial charge is 0.359 e. The molecular formula is C16H10F6O. The first-order valence-corrected chi connectivity index (χ1v) is 6.66. The predicted molar refractivity (Wildman–Crippen MR) is 69.5 cm³/mol. The molecule has 1 heterocycles. The number of hydrogen-bond acceptors (Lipinski definition) is 1. The lowest BCUT2D eigenvalue weighted by atomic mass is 10.0. The largest absolute Gasteiger partial charge is 0.416 e. The molecule has 0 saturated carbocycles. The van der Waals surface area contributed by atoms with Crippen LogP contribution in [0, 0.1) is 0 Å². The monoisotopic (exact) mass is 332 g/mol. The van der Waals surface area contributed by atoms with E-state index in [4.69, 9.17) is 4.74 Å². The van der Waals surface area contributed by atoms with E-state index < -0.39 is 35.7 Å². The molecule has 0 radical (unpaired) electrons. The molecule has 2 atom stereocenters. The van der Waals surface area contributed by atoms with Gasteiger partial charge in [0.05, 0.1) is 11.1 Å². The van der Waals surface area contributed by atoms with Crippen LogP contribution >= 0.6 is 0 Å². The second-order valence-corrected chi connectivity index (χ2v) is 5.22. The second-order valence-electron chi connectivity index (χ2n) is 5.22. The Morgan fingerprint density at radius 2 is 0.870 bits per heavy atom. The highest BCUT2D eigenvalue weighted by Gasteiger charge is 2.42. The lowest BCUT2D eigenvalue weighted by molar-refractivity contribution is -0.138. The molecule has 0 aliphatic carbocycles. The molecule has 122 valence electrons. The molecule has 0 amide bonds. The minimum atomic E-state index is -4.41. The Kier molecular flexibility index (Phi) is 3.63. The van der Waals surface area contributed by atoms with Gasteiger partial charge in [0.25, 0.3) is 0 Å². The van der Waals surface area contributed by atoms with Gasteiger partial charge in [0.2, 0.25) is 0 Å². The van der Waals surface area contributed by atoms with Crippen LogP contribution in [0.3, 0.4) is 0 Å². The zero-order valence-corrected chi connectivity index (χ0v) is 11.4. The van der Waals surface area contributed by atoms with Crippen molar-refractivity contribution >= 4 is 0 Å². The minimum Gasteiger partial charge on any atom is -0.359 e. The maximum atomic E-state index is 12.5. The van der Waals surface area contributed by atoms with Gasteiger partial charge >= 0.3 is 12.4 Å². The molecule has 1 aliphatic heterocycles. The van der Waals surface area contributed by atoms with E-state index in [9.17, 15) is 26.3 Å². The molecule has 23 heavy (non-hydrogen) atoms. The van der Waals surface area contributed by atoms with Gasteiger partial charge in [0.15, 0.2) is 0 Å². The summed E-state index contributed by atoms with van der Waals surface area (Å²) in [6.45, 7) is 0. The first kappa shape index (κ1) is 15.9. The van der Waals surface area contributed by atoms with E-state index in [1.54, 1.807) is 0 Å². The Labute approximate surface area is 127 Å². The van der Waals surface area contributed by atoms with Crippen molar-refractivity contribution in [3.63, 3.8) is 0 Å². The summed E-state index contributed by atoms with van der Waals surface area (Å²) in [5.74, 6) is 0. The lowest BCUT2D eigenvalue weighted by Gasteiger charge is -2.07. The Balaban J connectivity index is 1.72. The summed E-state index contributed by atoms with van der Waals surface area (Å²) >= 11 is 0. The molecular weight excluding hydrogens is 322 g/mol. The van der Waals surface area contributed by atoms with Gasteiger partial charge in [-0.05, 0) is 35.4 Å². The van der Waals surface area contributed by atoms with Gasteiger partial charge in [-0.3, -0.25) is 0 Å². The summed E-state index contributed by atoms with van der Waals surface area (Å²) in [6, 6.07) is 9.10. The molecule has 0 bridgehead atoms. The van der Waals surface area contributed by atoms with Gasteiger partial charge in [-0.2, -0.15) is 26.3 Å². The summed E-state index contributed by atoms with van der Waals surface area (Å²) in [7, 11) is 0. The van der Waals surface area contributed by atoms with E-state index in [0.717, 1.165) is 24.3 Å². The van der Waals surface area contributed by atoms with Crippen molar-refractivity contribution in [2.75, 3.05) is 0 Å². The van der Waals surface area contributed by atoms with Crippen molar-refractivity contribution in [3.8, 4) is 0 Å². The van der Waals surface area contributed by atoms with Crippen LogP contribution in [-0.2, 0) is 17.1 Å². The first-order chi connectivity index (χ1) is 10.7. The van der Waals surface area contributed by atoms with E-state index in [1.807, 2.05) is 0 Å². The number of rotatable bonds is 2. The number of hydrogen-bond donors (Lipinski definition) is 0. The Hall–Kier alpha value is -2.02. The van der Waals surface area contributed by atoms with Crippen molar-refractivity contribution < 1.29 is 31.1 Å². The molecule has 7 heteroatoms. The van der Waals surface area contributed by atoms with Crippen molar-refractivity contribution in [2.24, 2.45) is 0 Å². The van der Waals surface area contributed by atoms with Crippen LogP contribution in [0.4, 0.5) is 26.3 Å². The van der Waals surface area contributed by atoms with E-state index in [1.165, 1.54) is 24.3 Å². The maximum Gasteiger partial charge on any atom is 0.416 e. The van der Waals surface area contributed by atoms with Crippen LogP contribution in [-0.4, -0.2) is 0 Å². The number of benzene rings is 2. The third kappa shape index (κ3) is 3.34. The van der Waals surface area contributed by atoms with Crippen LogP contribution in [0.5, 0.6) is 0 Å². The van der Waals surface area contributed by atoms with E-state index >= 15 is 0 Å². The zero-order chi connectivity index (χ0) is 16.8. The van der Waals surface area contributed by atoms with E-state index in [2.05, 4.69) is 0 Å². The van der Waals surface area contributed by atoms with Gasteiger partial charge in [0.1, 0.15) is 12.2 Å². The third-order valence-corrected chi connectivity index (χ3v) is 3.62. The van der Waals surface area contributed by atoms with Crippen LogP contribution in [0.1, 0.15) is 34.5 Å². The topological polar surface area (TPSA) is 12.5 Å². The molecule has 1 aliphatic rings. The van der Waals surface area contributed by atoms with Gasteiger partial charge < -0.3 is 4.74 Å². The lowest BCUT2D eigenvalue weighted by Crippen LogP contribution is -2.04. The minimum absolute atomic E-state index is 0.436. The molecule has 2 aromatic carbocycles. The summed E-state index contributed by atoms with van der Waals surface area (Å²) in [4.78, 5) is 0. The predicted octanol–water partition coefficient (Wildman–Crippen LogP) is 5.54. The van der Waals surface area contributed by atoms with Crippen LogP contribution < -0.4 is 0 Å². The highest BCUT2D eigenvalue weighted by atomic mass is 19.4. The van der Waals surface area contributed by atoms with Crippen molar-refractivity contribution in [1.82, 2.24) is 0 Å². The first-order valence-electron chi connectivity index (χ1n) is 6.66. The number of ether oxygens (including phenoxy) is 1. The van der Waals surface area contributed by atoms with Crippen LogP contribution in [0.2, 0.25) is 0 Å². The fraction of sp³-hybridized carbons (Fsp3) is 0.250. The Morgan fingerprint density at radius 3 is 1.13 bits per heavy atom. The Morgan fingerprint density at radius 1 is 0.565 bits per heavy atom. The quantitative estimate of drug-likeness (QED) is 0.520. The summed E-state index contributed by atoms with van der Waals surface area (Å²) in [5.41, 5.74) is -0.397. The zero-order valence-electron chi connectivity index (χ0n) is 11.4. The molecule has 3 rings (SSSR count). The fourth-order valence-electron chi connectivity index (χ4n) is 2.34. The molecule has 1 fully saturated rings. The molecule has 1 nitrogen and oxygen atoms in total. The van der Waals surface area contributed by atoms with Gasteiger partial charge in [-0.1, -0.05) is 24.3 Å². The molecule has 2 aromatic rings. The average Bonchev–Trinajstić information content (AvgIpc) is 3.26. The second kappa shape index (κ2) is 5.26. The molecule has 0 spiro atoms. The summed E-state index contributed by atoms with van der Waals surface area (Å²) in [5, 5.41) is 0. The van der Waals surface area contributed by atoms with E-state index in [0.29, 0.717) is 11.1 Å². The third-order valence-electron chi connectivity index (χ3n) is 3.62. The van der Waals surface area contributed by atoms with Crippen molar-refractivity contribution in [1.29, 1.82) is 0 Å². The molecule has 0 N–H and O–H groups in total. The summed E-state index contributed by atoms with van der Waals surface area (Å²) in [6.07, 6.45) is -9.69. The highest BCUT2D eigenvalue weighted by molar-refractivity contribution is 5.34. The van der Waals surface area contributed by atoms with Crippen LogP contribution in [0.25, 0.3) is 0 Å². The molecule has 0 unspecified atom stereocenters. The Bertz CT molecular complexity index is 623. The van der Waals surface area contributed by atoms with E-state index in [-0.39, 0.29) is 0 Å². The van der Waals surface area contributed by atoms with Gasteiger partial charge in [-0.15, -0.1) is 0 Å². The van der Waals surface area contributed by atoms with Crippen LogP contribution in [0.15, 0.2) is 48.5 Å². The number of alkyl halides is 6. The number of epoxide rings is 1. The van der Waals surface area contributed by atoms with Gasteiger partial charge in [-0.25, -0.2) is 0 Å². The SMILES string of the molecule is FC(F)(F)c1ccc([C@H]2O[C@H]2c2ccc(C(F)(F)F)cc2)cc1. The average molecular weight is 332 g/mol. The maximum absolute atomic E-state index is 12.5. The molecule has 1 saturated heterocycles. The van der Waals surface area contributed by atoms with Crippen molar-refractivity contribution in [2.45, 2.75) is 24.6 Å². The van der Waals surface area contributed by atoms with Gasteiger partial charge in [0, 0.05) is 0 Å². The fourth-order valence-corrected chi connectivity index (χ4v) is 2.34. The normalized spacial score (nSPS) is 21.3. The van der Waals surface area contributed by atoms with Crippen molar-refractivity contribution in [3.05, 3.63) is 70.8 Å². The highest BCUT2D eigenvalue weighted by Crippen LogP contribution is 2.51. The number of halogens is 6.